The second-order valence-corrected chi connectivity index (χ2v) is 8.92. The first-order chi connectivity index (χ1) is 16.2. The Morgan fingerprint density at radius 3 is 2.55 bits per heavy atom. The fraction of sp³-hybridized carbons (Fsp3) is 0.444. The largest absolute Gasteiger partial charge is 0.398 e. The molecule has 2 aliphatic heterocycles. The molecule has 6 nitrogen and oxygen atoms in total. The van der Waals surface area contributed by atoms with Gasteiger partial charge in [0.15, 0.2) is 0 Å². The lowest BCUT2D eigenvalue weighted by Gasteiger charge is -2.26. The standard InChI is InChI=1S/C27H36N4O2/c28-26-20-22(21-31-16-18-33-19-17-31)8-9-25(26)27(32)29-12-4-5-13-30-14-10-24(11-15-30)23-6-2-1-3-7-23/h1-3,6-10,20H,4-5,11-19,21,28H2,(H,29,32). The van der Waals surface area contributed by atoms with Gasteiger partial charge in [0.2, 0.25) is 0 Å². The third-order valence-corrected chi connectivity index (χ3v) is 6.49. The summed E-state index contributed by atoms with van der Waals surface area (Å²) in [4.78, 5) is 17.4. The van der Waals surface area contributed by atoms with E-state index in [-0.39, 0.29) is 5.91 Å². The lowest BCUT2D eigenvalue weighted by Crippen LogP contribution is -2.35. The molecule has 3 N–H and O–H groups in total. The lowest BCUT2D eigenvalue weighted by atomic mass is 9.99. The summed E-state index contributed by atoms with van der Waals surface area (Å²) in [6, 6.07) is 16.4. The summed E-state index contributed by atoms with van der Waals surface area (Å²) in [5.41, 5.74) is 11.2. The molecule has 2 aromatic rings. The maximum Gasteiger partial charge on any atom is 0.253 e. The molecule has 176 valence electrons. The fourth-order valence-electron chi connectivity index (χ4n) is 4.52. The van der Waals surface area contributed by atoms with Crippen molar-refractivity contribution < 1.29 is 9.53 Å². The molecular formula is C27H36N4O2. The summed E-state index contributed by atoms with van der Waals surface area (Å²) in [6.45, 7) is 8.10. The average molecular weight is 449 g/mol. The van der Waals surface area contributed by atoms with Crippen molar-refractivity contribution >= 4 is 17.2 Å². The SMILES string of the molecule is Nc1cc(CN2CCOCC2)ccc1C(=O)NCCCCN1CC=C(c2ccccc2)CC1. The quantitative estimate of drug-likeness (QED) is 0.455. The van der Waals surface area contributed by atoms with Gasteiger partial charge in [-0.3, -0.25) is 14.6 Å². The Hall–Kier alpha value is -2.67. The zero-order valence-corrected chi connectivity index (χ0v) is 19.5. The molecule has 6 heteroatoms. The van der Waals surface area contributed by atoms with Crippen LogP contribution in [0.15, 0.2) is 54.6 Å². The number of nitrogens with two attached hydrogens (primary N) is 1. The van der Waals surface area contributed by atoms with E-state index in [1.807, 2.05) is 18.2 Å². The minimum atomic E-state index is -0.0844. The van der Waals surface area contributed by atoms with Crippen LogP contribution in [0.1, 0.15) is 40.7 Å². The van der Waals surface area contributed by atoms with Crippen LogP contribution in [-0.4, -0.2) is 68.2 Å². The monoisotopic (exact) mass is 448 g/mol. The summed E-state index contributed by atoms with van der Waals surface area (Å²) in [5.74, 6) is -0.0844. The predicted octanol–water partition coefficient (Wildman–Crippen LogP) is 3.40. The van der Waals surface area contributed by atoms with Crippen molar-refractivity contribution in [2.45, 2.75) is 25.8 Å². The average Bonchev–Trinajstić information content (AvgIpc) is 2.85. The summed E-state index contributed by atoms with van der Waals surface area (Å²) >= 11 is 0. The summed E-state index contributed by atoms with van der Waals surface area (Å²) in [7, 11) is 0. The van der Waals surface area contributed by atoms with Crippen molar-refractivity contribution in [2.75, 3.05) is 58.2 Å². The van der Waals surface area contributed by atoms with Gasteiger partial charge in [-0.2, -0.15) is 0 Å². The molecule has 0 unspecified atom stereocenters. The van der Waals surface area contributed by atoms with E-state index in [1.54, 1.807) is 0 Å². The van der Waals surface area contributed by atoms with Crippen molar-refractivity contribution in [3.8, 4) is 0 Å². The molecule has 0 radical (unpaired) electrons. The van der Waals surface area contributed by atoms with Gasteiger partial charge in [0.1, 0.15) is 0 Å². The molecule has 0 aromatic heterocycles. The van der Waals surface area contributed by atoms with E-state index in [1.165, 1.54) is 11.1 Å². The van der Waals surface area contributed by atoms with Gasteiger partial charge < -0.3 is 15.8 Å². The van der Waals surface area contributed by atoms with Crippen LogP contribution in [-0.2, 0) is 11.3 Å². The highest BCUT2D eigenvalue weighted by atomic mass is 16.5. The molecule has 1 fully saturated rings. The third kappa shape index (κ3) is 6.90. The van der Waals surface area contributed by atoms with Crippen LogP contribution >= 0.6 is 0 Å². The molecule has 2 aromatic carbocycles. The Morgan fingerprint density at radius 1 is 1.00 bits per heavy atom. The zero-order valence-electron chi connectivity index (χ0n) is 19.5. The van der Waals surface area contributed by atoms with Crippen molar-refractivity contribution in [1.82, 2.24) is 15.1 Å². The molecular weight excluding hydrogens is 412 g/mol. The van der Waals surface area contributed by atoms with Gasteiger partial charge in [-0.05, 0) is 54.6 Å². The number of carbonyl (C=O) groups excluding carboxylic acids is 1. The Kier molecular flexibility index (Phi) is 8.53. The molecule has 33 heavy (non-hydrogen) atoms. The van der Waals surface area contributed by atoms with Gasteiger partial charge in [-0.15, -0.1) is 0 Å². The number of unbranched alkanes of at least 4 members (excludes halogenated alkanes) is 1. The maximum absolute atomic E-state index is 12.6. The molecule has 2 aliphatic rings. The molecule has 2 heterocycles. The van der Waals surface area contributed by atoms with Gasteiger partial charge in [0.05, 0.1) is 18.8 Å². The predicted molar refractivity (Wildman–Crippen MR) is 134 cm³/mol. The summed E-state index contributed by atoms with van der Waals surface area (Å²) < 4.78 is 5.40. The molecule has 0 saturated carbocycles. The van der Waals surface area contributed by atoms with Gasteiger partial charge in [0.25, 0.3) is 5.91 Å². The van der Waals surface area contributed by atoms with E-state index in [4.69, 9.17) is 10.5 Å². The number of morpholine rings is 1. The highest BCUT2D eigenvalue weighted by Gasteiger charge is 2.15. The normalized spacial score (nSPS) is 17.5. The Morgan fingerprint density at radius 2 is 1.82 bits per heavy atom. The lowest BCUT2D eigenvalue weighted by molar-refractivity contribution is 0.0342. The molecule has 1 saturated heterocycles. The second kappa shape index (κ2) is 12.0. The molecule has 0 bridgehead atoms. The van der Waals surface area contributed by atoms with Crippen LogP contribution in [0.4, 0.5) is 5.69 Å². The molecule has 0 aliphatic carbocycles. The fourth-order valence-corrected chi connectivity index (χ4v) is 4.52. The number of nitrogens with one attached hydrogen (secondary N) is 1. The Labute approximate surface area is 197 Å². The number of hydrogen-bond acceptors (Lipinski definition) is 5. The number of nitrogen functional groups attached to an aromatic ring is 1. The molecule has 0 spiro atoms. The zero-order chi connectivity index (χ0) is 22.9. The first kappa shape index (κ1) is 23.5. The first-order valence-electron chi connectivity index (χ1n) is 12.1. The molecule has 0 atom stereocenters. The van der Waals surface area contributed by atoms with Crippen molar-refractivity contribution in [2.24, 2.45) is 0 Å². The van der Waals surface area contributed by atoms with E-state index in [0.29, 0.717) is 17.8 Å². The van der Waals surface area contributed by atoms with E-state index in [2.05, 4.69) is 51.5 Å². The number of nitrogens with zero attached hydrogens (tertiary/aromatic N) is 2. The van der Waals surface area contributed by atoms with E-state index >= 15 is 0 Å². The third-order valence-electron chi connectivity index (χ3n) is 6.49. The Balaban J connectivity index is 1.14. The van der Waals surface area contributed by atoms with Crippen LogP contribution in [0.2, 0.25) is 0 Å². The number of rotatable bonds is 9. The smallest absolute Gasteiger partial charge is 0.253 e. The van der Waals surface area contributed by atoms with Crippen molar-refractivity contribution in [3.05, 3.63) is 71.3 Å². The molecule has 1 amide bonds. The first-order valence-corrected chi connectivity index (χ1v) is 12.1. The number of benzene rings is 2. The number of anilines is 1. The van der Waals surface area contributed by atoms with E-state index in [0.717, 1.165) is 77.3 Å². The van der Waals surface area contributed by atoms with Crippen LogP contribution < -0.4 is 11.1 Å². The van der Waals surface area contributed by atoms with E-state index < -0.39 is 0 Å². The number of ether oxygens (including phenoxy) is 1. The summed E-state index contributed by atoms with van der Waals surface area (Å²) in [6.07, 6.45) is 5.49. The topological polar surface area (TPSA) is 70.8 Å². The van der Waals surface area contributed by atoms with Gasteiger partial charge >= 0.3 is 0 Å². The van der Waals surface area contributed by atoms with Gasteiger partial charge in [0, 0.05) is 45.0 Å². The van der Waals surface area contributed by atoms with Crippen molar-refractivity contribution in [3.63, 3.8) is 0 Å². The second-order valence-electron chi connectivity index (χ2n) is 8.92. The van der Waals surface area contributed by atoms with Crippen LogP contribution in [0.5, 0.6) is 0 Å². The maximum atomic E-state index is 12.6. The van der Waals surface area contributed by atoms with Crippen LogP contribution in [0, 0.1) is 0 Å². The van der Waals surface area contributed by atoms with Crippen molar-refractivity contribution in [1.29, 1.82) is 0 Å². The highest BCUT2D eigenvalue weighted by molar-refractivity contribution is 5.99. The van der Waals surface area contributed by atoms with Gasteiger partial charge in [-0.25, -0.2) is 0 Å². The summed E-state index contributed by atoms with van der Waals surface area (Å²) in [5, 5.41) is 3.03. The molecule has 4 rings (SSSR count). The van der Waals surface area contributed by atoms with E-state index in [9.17, 15) is 4.79 Å². The minimum Gasteiger partial charge on any atom is -0.398 e. The van der Waals surface area contributed by atoms with Crippen LogP contribution in [0.25, 0.3) is 5.57 Å². The highest BCUT2D eigenvalue weighted by Crippen LogP contribution is 2.22. The number of amides is 1. The van der Waals surface area contributed by atoms with Crippen LogP contribution in [0.3, 0.4) is 0 Å². The Bertz CT molecular complexity index is 938. The minimum absolute atomic E-state index is 0.0844. The number of hydrogen-bond donors (Lipinski definition) is 2. The van der Waals surface area contributed by atoms with Gasteiger partial charge in [-0.1, -0.05) is 42.5 Å². The number of carbonyl (C=O) groups is 1.